The van der Waals surface area contributed by atoms with Crippen molar-refractivity contribution in [2.75, 3.05) is 45.2 Å². The Morgan fingerprint density at radius 3 is 2.33 bits per heavy atom. The summed E-state index contributed by atoms with van der Waals surface area (Å²) in [6, 6.07) is 4.44. The molecule has 0 bridgehead atoms. The predicted molar refractivity (Wildman–Crippen MR) is 97.5 cm³/mol. The Kier molecular flexibility index (Phi) is 5.61. The molecule has 2 aliphatic heterocycles. The van der Waals surface area contributed by atoms with Gasteiger partial charge in [-0.15, -0.1) is 0 Å². The number of carbonyl (C=O) groups is 1. The Balaban J connectivity index is 1.49. The fourth-order valence-corrected chi connectivity index (χ4v) is 3.88. The summed E-state index contributed by atoms with van der Waals surface area (Å²) in [5, 5.41) is 0.657. The van der Waals surface area contributed by atoms with Crippen LogP contribution in [-0.4, -0.2) is 67.0 Å². The van der Waals surface area contributed by atoms with Gasteiger partial charge in [0.15, 0.2) is 0 Å². The van der Waals surface area contributed by atoms with Crippen molar-refractivity contribution in [3.8, 4) is 0 Å². The number of anilines is 1. The Morgan fingerprint density at radius 2 is 1.79 bits per heavy atom. The molecule has 0 aliphatic carbocycles. The molecule has 0 saturated carbocycles. The van der Waals surface area contributed by atoms with Crippen LogP contribution in [0.4, 0.5) is 5.82 Å². The molecular formula is C18H27ClN4O. The Hall–Kier alpha value is -1.33. The second kappa shape index (κ2) is 7.70. The highest BCUT2D eigenvalue weighted by Crippen LogP contribution is 2.25. The van der Waals surface area contributed by atoms with Crippen LogP contribution in [-0.2, 0) is 4.79 Å². The fourth-order valence-electron chi connectivity index (χ4n) is 3.77. The second-order valence-corrected chi connectivity index (χ2v) is 7.55. The molecule has 6 heteroatoms. The van der Waals surface area contributed by atoms with E-state index in [9.17, 15) is 4.79 Å². The molecule has 3 heterocycles. The summed E-state index contributed by atoms with van der Waals surface area (Å²) < 4.78 is 0. The van der Waals surface area contributed by atoms with Crippen molar-refractivity contribution in [3.63, 3.8) is 0 Å². The van der Waals surface area contributed by atoms with Crippen LogP contribution in [0.15, 0.2) is 18.3 Å². The van der Waals surface area contributed by atoms with E-state index in [4.69, 9.17) is 11.6 Å². The fraction of sp³-hybridized carbons (Fsp3) is 0.667. The molecule has 0 aromatic carbocycles. The van der Waals surface area contributed by atoms with Crippen LogP contribution in [0.3, 0.4) is 0 Å². The minimum atomic E-state index is 0.171. The van der Waals surface area contributed by atoms with Gasteiger partial charge in [0, 0.05) is 44.3 Å². The maximum Gasteiger partial charge on any atom is 0.225 e. The van der Waals surface area contributed by atoms with Gasteiger partial charge in [-0.25, -0.2) is 4.98 Å². The molecule has 0 unspecified atom stereocenters. The molecule has 5 nitrogen and oxygen atoms in total. The van der Waals surface area contributed by atoms with Gasteiger partial charge in [0.05, 0.1) is 5.02 Å². The average Bonchev–Trinajstić information content (AvgIpc) is 2.62. The summed E-state index contributed by atoms with van der Waals surface area (Å²) in [4.78, 5) is 23.8. The van der Waals surface area contributed by atoms with Gasteiger partial charge in [-0.1, -0.05) is 11.6 Å². The minimum Gasteiger partial charge on any atom is -0.357 e. The van der Waals surface area contributed by atoms with Crippen molar-refractivity contribution in [2.24, 2.45) is 5.92 Å². The number of piperidine rings is 2. The summed E-state index contributed by atoms with van der Waals surface area (Å²) in [6.07, 6.45) is 5.69. The number of nitrogens with zero attached hydrogens (tertiary/aromatic N) is 4. The first-order valence-corrected chi connectivity index (χ1v) is 9.24. The molecule has 3 rings (SSSR count). The van der Waals surface area contributed by atoms with Crippen LogP contribution < -0.4 is 4.90 Å². The number of amides is 1. The maximum absolute atomic E-state index is 12.8. The van der Waals surface area contributed by atoms with Crippen molar-refractivity contribution in [1.82, 2.24) is 14.8 Å². The van der Waals surface area contributed by atoms with E-state index in [1.807, 2.05) is 12.1 Å². The highest BCUT2D eigenvalue weighted by atomic mass is 35.5. The van der Waals surface area contributed by atoms with Gasteiger partial charge in [-0.2, -0.15) is 0 Å². The number of pyridine rings is 1. The lowest BCUT2D eigenvalue weighted by atomic mass is 9.93. The van der Waals surface area contributed by atoms with Gasteiger partial charge in [0.25, 0.3) is 0 Å². The molecule has 0 spiro atoms. The molecular weight excluding hydrogens is 324 g/mol. The zero-order valence-corrected chi connectivity index (χ0v) is 15.4. The molecule has 1 aromatic heterocycles. The molecule has 2 aliphatic rings. The van der Waals surface area contributed by atoms with Gasteiger partial charge in [-0.3, -0.25) is 4.79 Å². The minimum absolute atomic E-state index is 0.171. The first-order valence-electron chi connectivity index (χ1n) is 8.86. The SMILES string of the molecule is CN(C)C1CCN(C(=O)C2CCN(c3ccc(Cl)cn3)CC2)CC1. The summed E-state index contributed by atoms with van der Waals surface area (Å²) in [5.74, 6) is 1.48. The number of rotatable bonds is 3. The topological polar surface area (TPSA) is 39.7 Å². The van der Waals surface area contributed by atoms with E-state index in [0.29, 0.717) is 17.0 Å². The van der Waals surface area contributed by atoms with Crippen LogP contribution in [0.25, 0.3) is 0 Å². The molecule has 1 amide bonds. The van der Waals surface area contributed by atoms with E-state index in [1.54, 1.807) is 6.20 Å². The average molecular weight is 351 g/mol. The lowest BCUT2D eigenvalue weighted by Gasteiger charge is -2.39. The number of likely N-dealkylation sites (tertiary alicyclic amines) is 1. The van der Waals surface area contributed by atoms with Gasteiger partial charge >= 0.3 is 0 Å². The quantitative estimate of drug-likeness (QED) is 0.839. The third-order valence-corrected chi connectivity index (χ3v) is 5.61. The van der Waals surface area contributed by atoms with Gasteiger partial charge < -0.3 is 14.7 Å². The van der Waals surface area contributed by atoms with Crippen molar-refractivity contribution >= 4 is 23.3 Å². The van der Waals surface area contributed by atoms with Gasteiger partial charge in [0.1, 0.15) is 5.82 Å². The van der Waals surface area contributed by atoms with Crippen LogP contribution >= 0.6 is 11.6 Å². The summed E-state index contributed by atoms with van der Waals surface area (Å²) >= 11 is 5.90. The summed E-state index contributed by atoms with van der Waals surface area (Å²) in [5.41, 5.74) is 0. The Labute approximate surface area is 149 Å². The van der Waals surface area contributed by atoms with Crippen LogP contribution in [0.2, 0.25) is 5.02 Å². The maximum atomic E-state index is 12.8. The number of hydrogen-bond acceptors (Lipinski definition) is 4. The highest BCUT2D eigenvalue weighted by molar-refractivity contribution is 6.30. The zero-order chi connectivity index (χ0) is 17.1. The first-order chi connectivity index (χ1) is 11.5. The van der Waals surface area contributed by atoms with E-state index >= 15 is 0 Å². The van der Waals surface area contributed by atoms with Crippen LogP contribution in [0, 0.1) is 5.92 Å². The van der Waals surface area contributed by atoms with Crippen LogP contribution in [0.1, 0.15) is 25.7 Å². The number of aromatic nitrogens is 1. The first kappa shape index (κ1) is 17.5. The molecule has 0 N–H and O–H groups in total. The Bertz CT molecular complexity index is 547. The van der Waals surface area contributed by atoms with Crippen molar-refractivity contribution < 1.29 is 4.79 Å². The summed E-state index contributed by atoms with van der Waals surface area (Å²) in [7, 11) is 4.26. The predicted octanol–water partition coefficient (Wildman–Crippen LogP) is 2.50. The number of halogens is 1. The van der Waals surface area contributed by atoms with Crippen LogP contribution in [0.5, 0.6) is 0 Å². The molecule has 1 aromatic rings. The molecule has 132 valence electrons. The van der Waals surface area contributed by atoms with E-state index in [2.05, 4.69) is 33.8 Å². The Morgan fingerprint density at radius 1 is 1.12 bits per heavy atom. The van der Waals surface area contributed by atoms with Gasteiger partial charge in [0.2, 0.25) is 5.91 Å². The standard InChI is InChI=1S/C18H27ClN4O/c1-21(2)16-7-11-23(12-8-16)18(24)14-5-9-22(10-6-14)17-4-3-15(19)13-20-17/h3-4,13-14,16H,5-12H2,1-2H3. The molecule has 2 saturated heterocycles. The second-order valence-electron chi connectivity index (χ2n) is 7.12. The third-order valence-electron chi connectivity index (χ3n) is 5.39. The molecule has 2 fully saturated rings. The van der Waals surface area contributed by atoms with Crippen molar-refractivity contribution in [2.45, 2.75) is 31.7 Å². The normalized spacial score (nSPS) is 20.7. The third kappa shape index (κ3) is 4.01. The molecule has 24 heavy (non-hydrogen) atoms. The number of hydrogen-bond donors (Lipinski definition) is 0. The molecule has 0 radical (unpaired) electrons. The van der Waals surface area contributed by atoms with Crippen molar-refractivity contribution in [3.05, 3.63) is 23.4 Å². The lowest BCUT2D eigenvalue weighted by molar-refractivity contribution is -0.137. The lowest BCUT2D eigenvalue weighted by Crippen LogP contribution is -2.48. The number of carbonyl (C=O) groups excluding carboxylic acids is 1. The monoisotopic (exact) mass is 350 g/mol. The van der Waals surface area contributed by atoms with E-state index < -0.39 is 0 Å². The van der Waals surface area contributed by atoms with E-state index in [0.717, 1.165) is 57.7 Å². The zero-order valence-electron chi connectivity index (χ0n) is 14.6. The molecule has 0 atom stereocenters. The largest absolute Gasteiger partial charge is 0.357 e. The van der Waals surface area contributed by atoms with Gasteiger partial charge in [-0.05, 0) is 51.9 Å². The summed E-state index contributed by atoms with van der Waals surface area (Å²) in [6.45, 7) is 3.58. The smallest absolute Gasteiger partial charge is 0.225 e. The highest BCUT2D eigenvalue weighted by Gasteiger charge is 2.31. The van der Waals surface area contributed by atoms with E-state index in [1.165, 1.54) is 0 Å². The van der Waals surface area contributed by atoms with Crippen molar-refractivity contribution in [1.29, 1.82) is 0 Å². The van der Waals surface area contributed by atoms with E-state index in [-0.39, 0.29) is 5.92 Å².